The molecule has 2 saturated carbocycles. The average molecular weight is 273 g/mol. The van der Waals surface area contributed by atoms with Crippen LogP contribution in [0.25, 0.3) is 0 Å². The van der Waals surface area contributed by atoms with Crippen LogP contribution in [0.1, 0.15) is 36.8 Å². The molecule has 1 amide bonds. The highest BCUT2D eigenvalue weighted by Crippen LogP contribution is 2.44. The molecule has 0 heterocycles. The molecular formula is C17H23NO2. The molecule has 0 saturated heterocycles. The van der Waals surface area contributed by atoms with Crippen LogP contribution >= 0.6 is 0 Å². The van der Waals surface area contributed by atoms with E-state index in [4.69, 9.17) is 4.74 Å². The highest BCUT2D eigenvalue weighted by molar-refractivity contribution is 5.79. The lowest BCUT2D eigenvalue weighted by atomic mass is 9.95. The predicted molar refractivity (Wildman–Crippen MR) is 78.8 cm³/mol. The van der Waals surface area contributed by atoms with Crippen molar-refractivity contribution in [3.63, 3.8) is 0 Å². The van der Waals surface area contributed by atoms with Crippen LogP contribution in [0.15, 0.2) is 18.2 Å². The molecule has 2 bridgehead atoms. The van der Waals surface area contributed by atoms with E-state index in [-0.39, 0.29) is 5.91 Å². The zero-order valence-electron chi connectivity index (χ0n) is 12.3. The van der Waals surface area contributed by atoms with Gasteiger partial charge in [0.15, 0.2) is 0 Å². The quantitative estimate of drug-likeness (QED) is 0.916. The Morgan fingerprint density at radius 2 is 2.20 bits per heavy atom. The lowest BCUT2D eigenvalue weighted by molar-refractivity contribution is -0.121. The molecule has 1 aromatic rings. The zero-order chi connectivity index (χ0) is 14.1. The number of nitrogens with one attached hydrogen (secondary N) is 1. The number of aryl methyl sites for hydroxylation is 1. The minimum absolute atomic E-state index is 0.159. The third-order valence-corrected chi connectivity index (χ3v) is 4.91. The van der Waals surface area contributed by atoms with Gasteiger partial charge < -0.3 is 10.1 Å². The van der Waals surface area contributed by atoms with Crippen LogP contribution in [0.3, 0.4) is 0 Å². The zero-order valence-corrected chi connectivity index (χ0v) is 12.3. The summed E-state index contributed by atoms with van der Waals surface area (Å²) in [7, 11) is 1.67. The first-order chi connectivity index (χ1) is 9.65. The summed E-state index contributed by atoms with van der Waals surface area (Å²) in [6.45, 7) is 2.01. The first-order valence-corrected chi connectivity index (χ1v) is 7.58. The number of rotatable bonds is 4. The number of methoxy groups -OCH3 is 1. The molecule has 3 heteroatoms. The molecule has 3 rings (SSSR count). The first-order valence-electron chi connectivity index (χ1n) is 7.58. The molecule has 0 radical (unpaired) electrons. The summed E-state index contributed by atoms with van der Waals surface area (Å²) in [5, 5.41) is 3.24. The van der Waals surface area contributed by atoms with Crippen molar-refractivity contribution >= 4 is 5.91 Å². The van der Waals surface area contributed by atoms with Gasteiger partial charge in [-0.3, -0.25) is 4.79 Å². The van der Waals surface area contributed by atoms with Gasteiger partial charge >= 0.3 is 0 Å². The monoisotopic (exact) mass is 273 g/mol. The van der Waals surface area contributed by atoms with E-state index >= 15 is 0 Å². The van der Waals surface area contributed by atoms with Gasteiger partial charge in [-0.05, 0) is 55.2 Å². The molecule has 2 aliphatic rings. The summed E-state index contributed by atoms with van der Waals surface area (Å²) >= 11 is 0. The Balaban J connectivity index is 1.57. The molecule has 2 aliphatic carbocycles. The molecule has 3 atom stereocenters. The van der Waals surface area contributed by atoms with Gasteiger partial charge in [0.1, 0.15) is 5.75 Å². The number of carbonyl (C=O) groups excluding carboxylic acids is 1. The van der Waals surface area contributed by atoms with E-state index in [1.807, 2.05) is 25.1 Å². The summed E-state index contributed by atoms with van der Waals surface area (Å²) in [5.41, 5.74) is 2.14. The second-order valence-electron chi connectivity index (χ2n) is 6.33. The van der Waals surface area contributed by atoms with Crippen molar-refractivity contribution in [1.29, 1.82) is 0 Å². The SMILES string of the molecule is COc1ccc(CC(=O)N[C@H]2C[C@H]3CC[C@H]2C3)cc1C. The molecule has 1 aromatic carbocycles. The maximum Gasteiger partial charge on any atom is 0.224 e. The molecular weight excluding hydrogens is 250 g/mol. The summed E-state index contributed by atoms with van der Waals surface area (Å²) < 4.78 is 5.25. The second kappa shape index (κ2) is 5.47. The Hall–Kier alpha value is -1.51. The lowest BCUT2D eigenvalue weighted by Gasteiger charge is -2.23. The van der Waals surface area contributed by atoms with Crippen molar-refractivity contribution in [2.45, 2.75) is 45.1 Å². The fourth-order valence-electron chi connectivity index (χ4n) is 3.92. The smallest absolute Gasteiger partial charge is 0.224 e. The molecule has 0 spiro atoms. The Kier molecular flexibility index (Phi) is 3.68. The van der Waals surface area contributed by atoms with E-state index in [0.29, 0.717) is 12.5 Å². The van der Waals surface area contributed by atoms with Gasteiger partial charge in [0.25, 0.3) is 0 Å². The molecule has 3 nitrogen and oxygen atoms in total. The number of carbonyl (C=O) groups is 1. The summed E-state index contributed by atoms with van der Waals surface area (Å²) in [5.74, 6) is 2.64. The van der Waals surface area contributed by atoms with E-state index in [9.17, 15) is 4.79 Å². The van der Waals surface area contributed by atoms with Crippen molar-refractivity contribution in [1.82, 2.24) is 5.32 Å². The predicted octanol–water partition coefficient (Wildman–Crippen LogP) is 2.85. The Morgan fingerprint density at radius 1 is 1.35 bits per heavy atom. The highest BCUT2D eigenvalue weighted by Gasteiger charge is 2.39. The van der Waals surface area contributed by atoms with Gasteiger partial charge in [-0.1, -0.05) is 18.6 Å². The van der Waals surface area contributed by atoms with E-state index in [0.717, 1.165) is 28.7 Å². The Morgan fingerprint density at radius 3 is 2.80 bits per heavy atom. The molecule has 2 fully saturated rings. The number of hydrogen-bond donors (Lipinski definition) is 1. The minimum Gasteiger partial charge on any atom is -0.496 e. The molecule has 0 unspecified atom stereocenters. The Labute approximate surface area is 120 Å². The van der Waals surface area contributed by atoms with Crippen LogP contribution in [-0.4, -0.2) is 19.1 Å². The minimum atomic E-state index is 0.159. The van der Waals surface area contributed by atoms with Crippen molar-refractivity contribution in [3.05, 3.63) is 29.3 Å². The van der Waals surface area contributed by atoms with Gasteiger partial charge in [0.2, 0.25) is 5.91 Å². The number of benzene rings is 1. The number of amides is 1. The largest absolute Gasteiger partial charge is 0.496 e. The van der Waals surface area contributed by atoms with Crippen LogP contribution < -0.4 is 10.1 Å². The standard InChI is InChI=1S/C17H23NO2/c1-11-7-12(4-6-16(11)20-2)10-17(19)18-15-9-13-3-5-14(15)8-13/h4,6-7,13-15H,3,5,8-10H2,1-2H3,(H,18,19)/t13-,14-,15-/m0/s1. The number of ether oxygens (including phenoxy) is 1. The van der Waals surface area contributed by atoms with Gasteiger partial charge in [-0.15, -0.1) is 0 Å². The van der Waals surface area contributed by atoms with Crippen molar-refractivity contribution in [2.75, 3.05) is 7.11 Å². The van der Waals surface area contributed by atoms with Crippen LogP contribution in [0, 0.1) is 18.8 Å². The topological polar surface area (TPSA) is 38.3 Å². The number of hydrogen-bond acceptors (Lipinski definition) is 2. The fraction of sp³-hybridized carbons (Fsp3) is 0.588. The normalized spacial score (nSPS) is 27.6. The molecule has 20 heavy (non-hydrogen) atoms. The van der Waals surface area contributed by atoms with Gasteiger partial charge in [0, 0.05) is 6.04 Å². The van der Waals surface area contributed by atoms with Crippen LogP contribution in [0.2, 0.25) is 0 Å². The summed E-state index contributed by atoms with van der Waals surface area (Å²) in [6, 6.07) is 6.39. The van der Waals surface area contributed by atoms with Crippen molar-refractivity contribution in [2.24, 2.45) is 11.8 Å². The van der Waals surface area contributed by atoms with Crippen molar-refractivity contribution < 1.29 is 9.53 Å². The fourth-order valence-corrected chi connectivity index (χ4v) is 3.92. The third kappa shape index (κ3) is 2.67. The van der Waals surface area contributed by atoms with Gasteiger partial charge in [-0.25, -0.2) is 0 Å². The lowest BCUT2D eigenvalue weighted by Crippen LogP contribution is -2.39. The third-order valence-electron chi connectivity index (χ3n) is 4.91. The van der Waals surface area contributed by atoms with Crippen LogP contribution in [-0.2, 0) is 11.2 Å². The molecule has 108 valence electrons. The molecule has 0 aliphatic heterocycles. The average Bonchev–Trinajstić information content (AvgIpc) is 3.01. The first kappa shape index (κ1) is 13.5. The van der Waals surface area contributed by atoms with E-state index in [2.05, 4.69) is 5.32 Å². The number of fused-ring (bicyclic) bond motifs is 2. The molecule has 1 N–H and O–H groups in total. The van der Waals surface area contributed by atoms with E-state index < -0.39 is 0 Å². The van der Waals surface area contributed by atoms with Gasteiger partial charge in [-0.2, -0.15) is 0 Å². The maximum atomic E-state index is 12.2. The van der Waals surface area contributed by atoms with Crippen LogP contribution in [0.4, 0.5) is 0 Å². The van der Waals surface area contributed by atoms with Crippen molar-refractivity contribution in [3.8, 4) is 5.75 Å². The summed E-state index contributed by atoms with van der Waals surface area (Å²) in [4.78, 5) is 12.2. The molecule has 0 aromatic heterocycles. The maximum absolute atomic E-state index is 12.2. The van der Waals surface area contributed by atoms with Crippen LogP contribution in [0.5, 0.6) is 5.75 Å². The highest BCUT2D eigenvalue weighted by atomic mass is 16.5. The summed E-state index contributed by atoms with van der Waals surface area (Å²) in [6.07, 6.45) is 5.66. The van der Waals surface area contributed by atoms with E-state index in [1.165, 1.54) is 25.7 Å². The second-order valence-corrected chi connectivity index (χ2v) is 6.33. The van der Waals surface area contributed by atoms with Gasteiger partial charge in [0.05, 0.1) is 13.5 Å². The Bertz CT molecular complexity index is 512. The van der Waals surface area contributed by atoms with E-state index in [1.54, 1.807) is 7.11 Å².